The van der Waals surface area contributed by atoms with Crippen molar-refractivity contribution >= 4 is 17.8 Å². The predicted octanol–water partition coefficient (Wildman–Crippen LogP) is 1.92. The number of rotatable bonds is 8. The molecule has 0 saturated carbocycles. The van der Waals surface area contributed by atoms with E-state index in [1.54, 1.807) is 6.07 Å². The molecule has 1 amide bonds. The highest BCUT2D eigenvalue weighted by Gasteiger charge is 2.22. The van der Waals surface area contributed by atoms with Crippen molar-refractivity contribution in [3.63, 3.8) is 0 Å². The van der Waals surface area contributed by atoms with Crippen LogP contribution in [0.2, 0.25) is 0 Å². The molecule has 0 spiro atoms. The molecular formula is C22H30N6O. The van der Waals surface area contributed by atoms with Crippen LogP contribution in [-0.2, 0) is 0 Å². The molecule has 1 aliphatic heterocycles. The number of carbonyl (C=O) groups is 1. The van der Waals surface area contributed by atoms with Gasteiger partial charge in [-0.05, 0) is 31.8 Å². The molecule has 1 fully saturated rings. The van der Waals surface area contributed by atoms with E-state index in [2.05, 4.69) is 49.6 Å². The average Bonchev–Trinajstić information content (AvgIpc) is 2.75. The lowest BCUT2D eigenvalue weighted by Gasteiger charge is -2.33. The minimum absolute atomic E-state index is 0.0446. The molecule has 0 radical (unpaired) electrons. The summed E-state index contributed by atoms with van der Waals surface area (Å²) < 4.78 is 0. The lowest BCUT2D eigenvalue weighted by molar-refractivity contribution is 0.0643. The van der Waals surface area contributed by atoms with Gasteiger partial charge in [-0.2, -0.15) is 0 Å². The van der Waals surface area contributed by atoms with Crippen molar-refractivity contribution in [3.05, 3.63) is 59.8 Å². The summed E-state index contributed by atoms with van der Waals surface area (Å²) in [5, 5.41) is 11.4. The van der Waals surface area contributed by atoms with Crippen LogP contribution in [0.1, 0.15) is 16.1 Å². The fourth-order valence-electron chi connectivity index (χ4n) is 3.15. The van der Waals surface area contributed by atoms with Gasteiger partial charge in [0.05, 0.1) is 0 Å². The van der Waals surface area contributed by atoms with E-state index in [1.807, 2.05) is 43.3 Å². The van der Waals surface area contributed by atoms with Crippen LogP contribution in [0.25, 0.3) is 6.08 Å². The Morgan fingerprint density at radius 1 is 1.07 bits per heavy atom. The van der Waals surface area contributed by atoms with E-state index in [9.17, 15) is 4.79 Å². The minimum Gasteiger partial charge on any atom is -0.367 e. The van der Waals surface area contributed by atoms with E-state index in [1.165, 1.54) is 5.56 Å². The molecule has 1 N–H and O–H groups in total. The van der Waals surface area contributed by atoms with Crippen molar-refractivity contribution < 1.29 is 4.79 Å². The van der Waals surface area contributed by atoms with Crippen molar-refractivity contribution in [1.29, 1.82) is 0 Å². The Kier molecular flexibility index (Phi) is 7.72. The second-order valence-electron chi connectivity index (χ2n) is 7.44. The monoisotopic (exact) mass is 394 g/mol. The quantitative estimate of drug-likeness (QED) is 0.738. The number of hydrogen-bond acceptors (Lipinski definition) is 6. The zero-order chi connectivity index (χ0) is 20.5. The topological polar surface area (TPSA) is 64.6 Å². The molecule has 7 nitrogen and oxygen atoms in total. The van der Waals surface area contributed by atoms with Crippen LogP contribution in [0.5, 0.6) is 0 Å². The fraction of sp³-hybridized carbons (Fsp3) is 0.409. The van der Waals surface area contributed by atoms with Gasteiger partial charge in [-0.1, -0.05) is 42.5 Å². The van der Waals surface area contributed by atoms with E-state index < -0.39 is 0 Å². The maximum Gasteiger partial charge on any atom is 0.274 e. The molecule has 1 saturated heterocycles. The second-order valence-corrected chi connectivity index (χ2v) is 7.44. The van der Waals surface area contributed by atoms with Crippen molar-refractivity contribution in [2.75, 3.05) is 65.2 Å². The Balaban J connectivity index is 1.43. The van der Waals surface area contributed by atoms with Crippen molar-refractivity contribution in [2.45, 2.75) is 0 Å². The number of aromatic nitrogens is 2. The number of anilines is 1. The van der Waals surface area contributed by atoms with Crippen LogP contribution in [0.15, 0.2) is 48.5 Å². The predicted molar refractivity (Wildman–Crippen MR) is 117 cm³/mol. The summed E-state index contributed by atoms with van der Waals surface area (Å²) in [5.41, 5.74) is 1.61. The maximum absolute atomic E-state index is 12.7. The first-order valence-corrected chi connectivity index (χ1v) is 10.1. The summed E-state index contributed by atoms with van der Waals surface area (Å²) in [4.78, 5) is 19.0. The van der Waals surface area contributed by atoms with Crippen LogP contribution in [0.4, 0.5) is 5.82 Å². The number of amides is 1. The van der Waals surface area contributed by atoms with Gasteiger partial charge in [0, 0.05) is 45.8 Å². The first-order chi connectivity index (χ1) is 14.1. The van der Waals surface area contributed by atoms with Gasteiger partial charge < -0.3 is 15.1 Å². The summed E-state index contributed by atoms with van der Waals surface area (Å²) in [5.74, 6) is 0.648. The lowest BCUT2D eigenvalue weighted by atomic mass is 10.2. The Hall–Kier alpha value is -2.77. The lowest BCUT2D eigenvalue weighted by Crippen LogP contribution is -2.48. The minimum atomic E-state index is -0.0446. The van der Waals surface area contributed by atoms with Gasteiger partial charge in [0.25, 0.3) is 5.91 Å². The van der Waals surface area contributed by atoms with Crippen molar-refractivity contribution in [1.82, 2.24) is 24.9 Å². The van der Waals surface area contributed by atoms with E-state index >= 15 is 0 Å². The van der Waals surface area contributed by atoms with E-state index in [4.69, 9.17) is 0 Å². The molecule has 0 bridgehead atoms. The normalized spacial score (nSPS) is 15.2. The summed E-state index contributed by atoms with van der Waals surface area (Å²) in [6, 6.07) is 13.9. The van der Waals surface area contributed by atoms with Crippen LogP contribution < -0.4 is 5.32 Å². The Morgan fingerprint density at radius 2 is 1.83 bits per heavy atom. The average molecular weight is 395 g/mol. The van der Waals surface area contributed by atoms with E-state index in [0.717, 1.165) is 32.7 Å². The number of piperazine rings is 1. The van der Waals surface area contributed by atoms with Gasteiger partial charge in [-0.15, -0.1) is 10.2 Å². The van der Waals surface area contributed by atoms with E-state index in [0.29, 0.717) is 24.6 Å². The molecule has 0 aliphatic carbocycles. The highest BCUT2D eigenvalue weighted by molar-refractivity contribution is 5.92. The van der Waals surface area contributed by atoms with Gasteiger partial charge in [0.1, 0.15) is 5.82 Å². The third-order valence-electron chi connectivity index (χ3n) is 4.88. The highest BCUT2D eigenvalue weighted by atomic mass is 16.2. The molecule has 0 atom stereocenters. The molecule has 2 heterocycles. The summed E-state index contributed by atoms with van der Waals surface area (Å²) in [6.07, 6.45) is 4.32. The highest BCUT2D eigenvalue weighted by Crippen LogP contribution is 2.09. The van der Waals surface area contributed by atoms with Crippen LogP contribution in [-0.4, -0.2) is 90.7 Å². The maximum atomic E-state index is 12.7. The third kappa shape index (κ3) is 6.66. The molecule has 1 aromatic carbocycles. The van der Waals surface area contributed by atoms with Gasteiger partial charge in [-0.25, -0.2) is 0 Å². The number of benzene rings is 1. The number of likely N-dealkylation sites (N-methyl/N-ethyl adjacent to an activating group) is 1. The van der Waals surface area contributed by atoms with Crippen LogP contribution in [0.3, 0.4) is 0 Å². The summed E-state index contributed by atoms with van der Waals surface area (Å²) in [7, 11) is 4.04. The van der Waals surface area contributed by atoms with Crippen molar-refractivity contribution in [3.8, 4) is 0 Å². The summed E-state index contributed by atoms with van der Waals surface area (Å²) >= 11 is 0. The first kappa shape index (κ1) is 21.0. The summed E-state index contributed by atoms with van der Waals surface area (Å²) in [6.45, 7) is 5.74. The largest absolute Gasteiger partial charge is 0.367 e. The van der Waals surface area contributed by atoms with Crippen LogP contribution >= 0.6 is 0 Å². The van der Waals surface area contributed by atoms with Gasteiger partial charge in [0.2, 0.25) is 0 Å². The molecule has 154 valence electrons. The molecule has 0 unspecified atom stereocenters. The zero-order valence-corrected chi connectivity index (χ0v) is 17.3. The van der Waals surface area contributed by atoms with Crippen molar-refractivity contribution in [2.24, 2.45) is 0 Å². The van der Waals surface area contributed by atoms with Gasteiger partial charge >= 0.3 is 0 Å². The van der Waals surface area contributed by atoms with Crippen LogP contribution in [0, 0.1) is 0 Å². The second kappa shape index (κ2) is 10.7. The van der Waals surface area contributed by atoms with Gasteiger partial charge in [0.15, 0.2) is 5.69 Å². The molecule has 3 rings (SSSR count). The molecule has 1 aliphatic rings. The molecule has 2 aromatic rings. The number of hydrogen-bond donors (Lipinski definition) is 1. The SMILES string of the molecule is CN(C)CCNc1ccc(C(=O)N2CCN(C/C=C/c3ccccc3)CC2)nn1. The zero-order valence-electron chi connectivity index (χ0n) is 17.3. The number of nitrogens with one attached hydrogen (secondary N) is 1. The third-order valence-corrected chi connectivity index (χ3v) is 4.88. The Labute approximate surface area is 173 Å². The molecule has 1 aromatic heterocycles. The Bertz CT molecular complexity index is 783. The fourth-order valence-corrected chi connectivity index (χ4v) is 3.15. The number of carbonyl (C=O) groups excluding carboxylic acids is 1. The first-order valence-electron chi connectivity index (χ1n) is 10.1. The molecule has 7 heteroatoms. The Morgan fingerprint density at radius 3 is 2.48 bits per heavy atom. The molecule has 29 heavy (non-hydrogen) atoms. The smallest absolute Gasteiger partial charge is 0.274 e. The standard InChI is InChI=1S/C22H30N6O/c1-26(2)14-12-23-21-11-10-20(24-25-21)22(29)28-17-15-27(16-18-28)13-6-9-19-7-4-3-5-8-19/h3-11H,12-18H2,1-2H3,(H,23,25)/b9-6+. The van der Waals surface area contributed by atoms with Gasteiger partial charge in [-0.3, -0.25) is 9.69 Å². The number of nitrogens with zero attached hydrogens (tertiary/aromatic N) is 5. The molecular weight excluding hydrogens is 364 g/mol. The van der Waals surface area contributed by atoms with E-state index in [-0.39, 0.29) is 5.91 Å².